The maximum atomic E-state index is 12.6. The monoisotopic (exact) mass is 355 g/mol. The summed E-state index contributed by atoms with van der Waals surface area (Å²) in [7, 11) is 1.92. The van der Waals surface area contributed by atoms with Crippen LogP contribution in [0.4, 0.5) is 4.79 Å². The summed E-state index contributed by atoms with van der Waals surface area (Å²) in [5.74, 6) is -0.294. The van der Waals surface area contributed by atoms with E-state index in [9.17, 15) is 18.0 Å². The van der Waals surface area contributed by atoms with Gasteiger partial charge in [0.2, 0.25) is 5.91 Å². The van der Waals surface area contributed by atoms with Crippen molar-refractivity contribution in [2.24, 2.45) is 4.36 Å². The van der Waals surface area contributed by atoms with Crippen molar-refractivity contribution in [2.45, 2.75) is 18.8 Å². The molecule has 1 aromatic carbocycles. The second kappa shape index (κ2) is 9.66. The number of carbonyl (C=O) groups excluding carboxylic acids is 2. The number of ether oxygens (including phenoxy) is 1. The number of methoxy groups -OCH3 is 1. The van der Waals surface area contributed by atoms with Gasteiger partial charge in [-0.15, -0.1) is 0 Å². The van der Waals surface area contributed by atoms with Crippen molar-refractivity contribution in [3.05, 3.63) is 29.8 Å². The van der Waals surface area contributed by atoms with E-state index in [2.05, 4.69) is 9.68 Å². The molecular weight excluding hydrogens is 334 g/mol. The van der Waals surface area contributed by atoms with Crippen LogP contribution in [-0.2, 0) is 15.3 Å². The van der Waals surface area contributed by atoms with Gasteiger partial charge in [-0.3, -0.25) is 9.69 Å². The van der Waals surface area contributed by atoms with Crippen LogP contribution in [0.1, 0.15) is 24.3 Å². The number of hydrogen-bond donors (Lipinski definition) is 1. The molecule has 1 N–H and O–H groups in total. The number of imide groups is 1. The fourth-order valence-electron chi connectivity index (χ4n) is 2.20. The molecule has 1 unspecified atom stereocenters. The zero-order valence-corrected chi connectivity index (χ0v) is 14.7. The average molecular weight is 355 g/mol. The first-order valence-electron chi connectivity index (χ1n) is 7.30. The summed E-state index contributed by atoms with van der Waals surface area (Å²) in [5.41, 5.74) is 0.722. The number of likely N-dealkylation sites (N-methyl/N-ethyl adjacent to an activating group) is 1. The third-order valence-corrected chi connectivity index (χ3v) is 3.91. The van der Waals surface area contributed by atoms with Gasteiger partial charge in [0.25, 0.3) is 0 Å². The van der Waals surface area contributed by atoms with Crippen LogP contribution in [0.15, 0.2) is 28.6 Å². The second-order valence-electron chi connectivity index (χ2n) is 4.99. The predicted octanol–water partition coefficient (Wildman–Crippen LogP) is 1.42. The zero-order chi connectivity index (χ0) is 18.1. The van der Waals surface area contributed by atoms with E-state index in [1.165, 1.54) is 14.1 Å². The minimum Gasteiger partial charge on any atom is -0.497 e. The summed E-state index contributed by atoms with van der Waals surface area (Å²) in [6.07, 6.45) is 0.769. The molecule has 0 saturated heterocycles. The minimum atomic E-state index is -2.46. The Morgan fingerprint density at radius 2 is 1.92 bits per heavy atom. The minimum absolute atomic E-state index is 0.0970. The Hall–Kier alpha value is -2.42. The molecule has 8 nitrogen and oxygen atoms in total. The van der Waals surface area contributed by atoms with Gasteiger partial charge < -0.3 is 10.1 Å². The molecule has 132 valence electrons. The first kappa shape index (κ1) is 19.6. The van der Waals surface area contributed by atoms with Gasteiger partial charge in [-0.2, -0.15) is 12.8 Å². The van der Waals surface area contributed by atoms with Crippen molar-refractivity contribution in [1.29, 1.82) is 0 Å². The first-order valence-corrected chi connectivity index (χ1v) is 8.34. The Morgan fingerprint density at radius 3 is 2.42 bits per heavy atom. The fraction of sp³-hybridized carbons (Fsp3) is 0.467. The summed E-state index contributed by atoms with van der Waals surface area (Å²) in [6, 6.07) is 6.45. The lowest BCUT2D eigenvalue weighted by molar-refractivity contribution is -0.129. The third kappa shape index (κ3) is 5.65. The number of amides is 3. The molecule has 0 aliphatic rings. The number of rotatable bonds is 7. The number of hydrogen-bond acceptors (Lipinski definition) is 6. The molecule has 0 spiro atoms. The first-order chi connectivity index (χ1) is 11.4. The highest BCUT2D eigenvalue weighted by atomic mass is 32.2. The normalized spacial score (nSPS) is 11.3. The second-order valence-corrected chi connectivity index (χ2v) is 5.68. The maximum Gasteiger partial charge on any atom is 0.323 e. The Labute approximate surface area is 142 Å². The van der Waals surface area contributed by atoms with E-state index in [0.717, 1.165) is 10.5 Å². The zero-order valence-electron chi connectivity index (χ0n) is 13.9. The molecule has 0 aliphatic carbocycles. The smallest absolute Gasteiger partial charge is 0.323 e. The number of nitrogens with zero attached hydrogens (tertiary/aromatic N) is 2. The highest BCUT2D eigenvalue weighted by molar-refractivity contribution is 7.61. The Kier molecular flexibility index (Phi) is 7.90. The van der Waals surface area contributed by atoms with E-state index < -0.39 is 22.4 Å². The SMILES string of the molecule is CNC(=O)N(C)C(=O)C(CCCN=S(=O)=O)c1ccc(OC)cc1. The summed E-state index contributed by atoms with van der Waals surface area (Å²) in [5, 5.41) is 2.40. The van der Waals surface area contributed by atoms with E-state index in [1.807, 2.05) is 0 Å². The lowest BCUT2D eigenvalue weighted by Gasteiger charge is -2.22. The van der Waals surface area contributed by atoms with Crippen molar-refractivity contribution in [2.75, 3.05) is 27.7 Å². The van der Waals surface area contributed by atoms with Crippen LogP contribution >= 0.6 is 0 Å². The molecule has 1 rings (SSSR count). The third-order valence-electron chi connectivity index (χ3n) is 3.51. The van der Waals surface area contributed by atoms with Gasteiger partial charge in [0.1, 0.15) is 5.75 Å². The average Bonchev–Trinajstić information content (AvgIpc) is 2.59. The highest BCUT2D eigenvalue weighted by Gasteiger charge is 2.26. The van der Waals surface area contributed by atoms with Crippen molar-refractivity contribution in [3.8, 4) is 5.75 Å². The summed E-state index contributed by atoms with van der Waals surface area (Å²) < 4.78 is 29.4. The van der Waals surface area contributed by atoms with E-state index in [4.69, 9.17) is 4.74 Å². The summed E-state index contributed by atoms with van der Waals surface area (Å²) in [4.78, 5) is 25.3. The molecule has 0 heterocycles. The lowest BCUT2D eigenvalue weighted by Crippen LogP contribution is -2.41. The quantitative estimate of drug-likeness (QED) is 0.745. The number of nitrogens with one attached hydrogen (secondary N) is 1. The van der Waals surface area contributed by atoms with Gasteiger partial charge in [-0.1, -0.05) is 12.1 Å². The van der Waals surface area contributed by atoms with Crippen molar-refractivity contribution in [3.63, 3.8) is 0 Å². The molecule has 0 aromatic heterocycles. The topological polar surface area (TPSA) is 105 Å². The highest BCUT2D eigenvalue weighted by Crippen LogP contribution is 2.25. The summed E-state index contributed by atoms with van der Waals surface area (Å²) in [6.45, 7) is 0.0970. The van der Waals surface area contributed by atoms with E-state index in [-0.39, 0.29) is 12.5 Å². The molecule has 1 aromatic rings. The molecule has 0 radical (unpaired) electrons. The Balaban J connectivity index is 2.98. The van der Waals surface area contributed by atoms with Crippen LogP contribution in [-0.4, -0.2) is 53.0 Å². The van der Waals surface area contributed by atoms with E-state index in [0.29, 0.717) is 18.6 Å². The molecular formula is C15H21N3O5S. The molecule has 9 heteroatoms. The number of carbonyl (C=O) groups is 2. The molecule has 1 atom stereocenters. The number of benzene rings is 1. The van der Waals surface area contributed by atoms with Gasteiger partial charge in [0, 0.05) is 14.1 Å². The van der Waals surface area contributed by atoms with Crippen LogP contribution in [0.3, 0.4) is 0 Å². The van der Waals surface area contributed by atoms with Crippen LogP contribution in [0.5, 0.6) is 5.75 Å². The van der Waals surface area contributed by atoms with Gasteiger partial charge in [0.05, 0.1) is 19.6 Å². The largest absolute Gasteiger partial charge is 0.497 e. The van der Waals surface area contributed by atoms with E-state index in [1.54, 1.807) is 31.4 Å². The van der Waals surface area contributed by atoms with Crippen molar-refractivity contribution >= 4 is 22.4 Å². The van der Waals surface area contributed by atoms with Crippen LogP contribution in [0.25, 0.3) is 0 Å². The molecule has 0 bridgehead atoms. The Morgan fingerprint density at radius 1 is 1.29 bits per heavy atom. The van der Waals surface area contributed by atoms with Crippen molar-refractivity contribution < 1.29 is 22.7 Å². The van der Waals surface area contributed by atoms with Gasteiger partial charge in [-0.25, -0.2) is 4.79 Å². The molecule has 24 heavy (non-hydrogen) atoms. The lowest BCUT2D eigenvalue weighted by atomic mass is 9.93. The van der Waals surface area contributed by atoms with Crippen LogP contribution < -0.4 is 10.1 Å². The van der Waals surface area contributed by atoms with Crippen LogP contribution in [0, 0.1) is 0 Å². The number of urea groups is 1. The van der Waals surface area contributed by atoms with E-state index >= 15 is 0 Å². The molecule has 0 saturated carbocycles. The van der Waals surface area contributed by atoms with Crippen LogP contribution in [0.2, 0.25) is 0 Å². The van der Waals surface area contributed by atoms with Gasteiger partial charge in [0.15, 0.2) is 0 Å². The molecule has 0 fully saturated rings. The molecule has 0 aliphatic heterocycles. The summed E-state index contributed by atoms with van der Waals surface area (Å²) >= 11 is 0. The predicted molar refractivity (Wildman–Crippen MR) is 88.4 cm³/mol. The van der Waals surface area contributed by atoms with Gasteiger partial charge >= 0.3 is 16.5 Å². The fourth-order valence-corrected chi connectivity index (χ4v) is 2.48. The molecule has 3 amide bonds. The standard InChI is InChI=1S/C15H21N3O5S/c1-16-15(20)18(2)14(19)13(5-4-10-17-24(21)22)11-6-8-12(23-3)9-7-11/h6-9,13H,4-5,10H2,1-3H3,(H,16,20). The van der Waals surface area contributed by atoms with Crippen molar-refractivity contribution in [1.82, 2.24) is 10.2 Å². The van der Waals surface area contributed by atoms with Gasteiger partial charge in [-0.05, 0) is 30.5 Å². The maximum absolute atomic E-state index is 12.6. The Bertz CT molecular complexity index is 692.